The first kappa shape index (κ1) is 18.2. The van der Waals surface area contributed by atoms with E-state index in [0.717, 1.165) is 12.2 Å². The topological polar surface area (TPSA) is 80.3 Å². The molecule has 0 radical (unpaired) electrons. The van der Waals surface area contributed by atoms with Crippen LogP contribution in [-0.2, 0) is 17.6 Å². The van der Waals surface area contributed by atoms with Gasteiger partial charge in [0.05, 0.1) is 18.7 Å². The van der Waals surface area contributed by atoms with E-state index in [4.69, 9.17) is 4.74 Å². The van der Waals surface area contributed by atoms with E-state index in [-0.39, 0.29) is 24.3 Å². The molecule has 28 heavy (non-hydrogen) atoms. The molecule has 0 saturated carbocycles. The maximum atomic E-state index is 12.2. The number of hydrogen-bond acceptors (Lipinski definition) is 5. The number of ether oxygens (including phenoxy) is 1. The molecule has 2 heterocycles. The van der Waals surface area contributed by atoms with Crippen LogP contribution in [0.2, 0.25) is 0 Å². The van der Waals surface area contributed by atoms with Crippen LogP contribution >= 0.6 is 11.3 Å². The van der Waals surface area contributed by atoms with Crippen LogP contribution in [0.25, 0.3) is 0 Å². The van der Waals surface area contributed by atoms with Crippen molar-refractivity contribution in [1.82, 2.24) is 10.3 Å². The molecule has 0 fully saturated rings. The van der Waals surface area contributed by atoms with Gasteiger partial charge in [-0.3, -0.25) is 14.9 Å². The van der Waals surface area contributed by atoms with Crippen molar-refractivity contribution in [2.45, 2.75) is 18.9 Å². The minimum absolute atomic E-state index is 0.0440. The van der Waals surface area contributed by atoms with E-state index in [0.29, 0.717) is 22.9 Å². The monoisotopic (exact) mass is 393 g/mol. The van der Waals surface area contributed by atoms with Crippen LogP contribution in [0.4, 0.5) is 5.13 Å². The van der Waals surface area contributed by atoms with Gasteiger partial charge in [0.2, 0.25) is 5.91 Å². The lowest BCUT2D eigenvalue weighted by atomic mass is 10.1. The normalized spacial score (nSPS) is 14.8. The van der Waals surface area contributed by atoms with E-state index in [9.17, 15) is 9.59 Å². The first-order valence-corrected chi connectivity index (χ1v) is 9.87. The van der Waals surface area contributed by atoms with Crippen LogP contribution < -0.4 is 15.4 Å². The van der Waals surface area contributed by atoms with Crippen molar-refractivity contribution >= 4 is 28.3 Å². The molecule has 0 aliphatic carbocycles. The van der Waals surface area contributed by atoms with Crippen LogP contribution in [0.3, 0.4) is 0 Å². The number of amides is 2. The molecule has 6 nitrogen and oxygen atoms in total. The Morgan fingerprint density at radius 2 is 1.89 bits per heavy atom. The Kier molecular flexibility index (Phi) is 5.34. The summed E-state index contributed by atoms with van der Waals surface area (Å²) in [5.74, 6) is 0.551. The number of hydrogen-bond donors (Lipinski definition) is 2. The van der Waals surface area contributed by atoms with E-state index in [1.54, 1.807) is 29.6 Å². The molecule has 1 aliphatic rings. The fourth-order valence-corrected chi connectivity index (χ4v) is 3.73. The van der Waals surface area contributed by atoms with Gasteiger partial charge in [0, 0.05) is 17.4 Å². The molecule has 0 saturated heterocycles. The number of benzene rings is 2. The van der Waals surface area contributed by atoms with Gasteiger partial charge >= 0.3 is 0 Å². The number of para-hydroxylation sites is 1. The van der Waals surface area contributed by atoms with Gasteiger partial charge in [-0.25, -0.2) is 4.98 Å². The Hall–Kier alpha value is -3.19. The average Bonchev–Trinajstić information content (AvgIpc) is 3.33. The molecule has 142 valence electrons. The summed E-state index contributed by atoms with van der Waals surface area (Å²) in [4.78, 5) is 28.7. The van der Waals surface area contributed by atoms with E-state index in [1.165, 1.54) is 16.9 Å². The van der Waals surface area contributed by atoms with Crippen molar-refractivity contribution in [2.75, 3.05) is 11.9 Å². The van der Waals surface area contributed by atoms with Gasteiger partial charge in [0.1, 0.15) is 11.9 Å². The number of rotatable bonds is 6. The number of nitrogens with zero attached hydrogens (tertiary/aromatic N) is 1. The first-order valence-electron chi connectivity index (χ1n) is 8.99. The molecule has 1 aliphatic heterocycles. The maximum absolute atomic E-state index is 12.2. The quantitative estimate of drug-likeness (QED) is 0.675. The zero-order valence-electron chi connectivity index (χ0n) is 15.1. The summed E-state index contributed by atoms with van der Waals surface area (Å²) in [6.07, 6.45) is 0.915. The molecular weight excluding hydrogens is 374 g/mol. The van der Waals surface area contributed by atoms with Crippen LogP contribution in [0, 0.1) is 0 Å². The minimum Gasteiger partial charge on any atom is -0.488 e. The van der Waals surface area contributed by atoms with Crippen LogP contribution in [-0.4, -0.2) is 29.4 Å². The molecule has 7 heteroatoms. The van der Waals surface area contributed by atoms with E-state index in [2.05, 4.69) is 15.6 Å². The third kappa shape index (κ3) is 4.37. The number of carbonyl (C=O) groups excluding carboxylic acids is 2. The van der Waals surface area contributed by atoms with Gasteiger partial charge in [-0.15, -0.1) is 11.3 Å². The summed E-state index contributed by atoms with van der Waals surface area (Å²) in [5.41, 5.74) is 2.36. The highest BCUT2D eigenvalue weighted by atomic mass is 32.1. The van der Waals surface area contributed by atoms with Gasteiger partial charge in [-0.1, -0.05) is 36.4 Å². The number of anilines is 1. The number of nitrogens with one attached hydrogen (secondary N) is 2. The molecule has 2 aromatic carbocycles. The van der Waals surface area contributed by atoms with Crippen molar-refractivity contribution in [1.29, 1.82) is 0 Å². The fraction of sp³-hybridized carbons (Fsp3) is 0.190. The summed E-state index contributed by atoms with van der Waals surface area (Å²) >= 11 is 1.30. The number of thiazole rings is 1. The van der Waals surface area contributed by atoms with Crippen molar-refractivity contribution in [3.63, 3.8) is 0 Å². The minimum atomic E-state index is -0.219. The van der Waals surface area contributed by atoms with Gasteiger partial charge in [-0.2, -0.15) is 0 Å². The van der Waals surface area contributed by atoms with Gasteiger partial charge in [0.25, 0.3) is 5.91 Å². The molecule has 1 aromatic heterocycles. The lowest BCUT2D eigenvalue weighted by Gasteiger charge is -2.11. The highest BCUT2D eigenvalue weighted by Crippen LogP contribution is 2.27. The Balaban J connectivity index is 1.25. The summed E-state index contributed by atoms with van der Waals surface area (Å²) in [6, 6.07) is 16.8. The Morgan fingerprint density at radius 3 is 2.71 bits per heavy atom. The fourth-order valence-electron chi connectivity index (χ4n) is 3.03. The molecule has 1 unspecified atom stereocenters. The second kappa shape index (κ2) is 8.22. The van der Waals surface area contributed by atoms with Crippen molar-refractivity contribution in [3.05, 3.63) is 76.8 Å². The van der Waals surface area contributed by atoms with Gasteiger partial charge in [0.15, 0.2) is 5.13 Å². The van der Waals surface area contributed by atoms with E-state index >= 15 is 0 Å². The molecule has 3 aromatic rings. The highest BCUT2D eigenvalue weighted by molar-refractivity contribution is 7.14. The lowest BCUT2D eigenvalue weighted by Crippen LogP contribution is -2.35. The first-order chi connectivity index (χ1) is 13.7. The van der Waals surface area contributed by atoms with E-state index < -0.39 is 0 Å². The Labute approximate surface area is 166 Å². The zero-order valence-corrected chi connectivity index (χ0v) is 15.9. The summed E-state index contributed by atoms with van der Waals surface area (Å²) in [6.45, 7) is 0.454. The van der Waals surface area contributed by atoms with Crippen molar-refractivity contribution in [3.8, 4) is 5.75 Å². The standard InChI is InChI=1S/C21H19N3O3S/c25-19(22-12-17-10-15-8-4-5-9-18(15)27-17)11-16-13-28-21(23-16)24-20(26)14-6-2-1-3-7-14/h1-9,13,17H,10-12H2,(H,22,25)(H,23,24,26). The second-order valence-corrected chi connectivity index (χ2v) is 7.35. The van der Waals surface area contributed by atoms with Crippen LogP contribution in [0.5, 0.6) is 5.75 Å². The third-order valence-corrected chi connectivity index (χ3v) is 5.20. The molecule has 0 spiro atoms. The van der Waals surface area contributed by atoms with Crippen molar-refractivity contribution < 1.29 is 14.3 Å². The number of fused-ring (bicyclic) bond motifs is 1. The van der Waals surface area contributed by atoms with Crippen LogP contribution in [0.1, 0.15) is 21.6 Å². The molecule has 1 atom stereocenters. The van der Waals surface area contributed by atoms with Crippen LogP contribution in [0.15, 0.2) is 60.0 Å². The zero-order chi connectivity index (χ0) is 19.3. The number of carbonyl (C=O) groups is 2. The van der Waals surface area contributed by atoms with Gasteiger partial charge in [-0.05, 0) is 23.8 Å². The van der Waals surface area contributed by atoms with E-state index in [1.807, 2.05) is 30.3 Å². The number of aromatic nitrogens is 1. The molecular formula is C21H19N3O3S. The Bertz CT molecular complexity index is 962. The van der Waals surface area contributed by atoms with Gasteiger partial charge < -0.3 is 10.1 Å². The summed E-state index contributed by atoms with van der Waals surface area (Å²) in [7, 11) is 0. The predicted octanol–water partition coefficient (Wildman–Crippen LogP) is 3.06. The molecule has 0 bridgehead atoms. The Morgan fingerprint density at radius 1 is 1.11 bits per heavy atom. The average molecular weight is 393 g/mol. The molecule has 2 N–H and O–H groups in total. The molecule has 4 rings (SSSR count). The maximum Gasteiger partial charge on any atom is 0.257 e. The second-order valence-electron chi connectivity index (χ2n) is 6.50. The molecule has 2 amide bonds. The smallest absolute Gasteiger partial charge is 0.257 e. The highest BCUT2D eigenvalue weighted by Gasteiger charge is 2.22. The SMILES string of the molecule is O=C(Cc1csc(NC(=O)c2ccccc2)n1)NCC1Cc2ccccc2O1. The van der Waals surface area contributed by atoms with Crippen molar-refractivity contribution in [2.24, 2.45) is 0 Å². The predicted molar refractivity (Wildman–Crippen MR) is 108 cm³/mol. The third-order valence-electron chi connectivity index (χ3n) is 4.39. The summed E-state index contributed by atoms with van der Waals surface area (Å²) < 4.78 is 5.82. The summed E-state index contributed by atoms with van der Waals surface area (Å²) in [5, 5.41) is 7.91. The lowest BCUT2D eigenvalue weighted by molar-refractivity contribution is -0.120. The largest absolute Gasteiger partial charge is 0.488 e.